The second-order valence-electron chi connectivity index (χ2n) is 6.76. The van der Waals surface area contributed by atoms with Crippen LogP contribution >= 0.6 is 18.6 Å². The molecule has 0 aliphatic heterocycles. The standard InChI is InChI=1S/C18H17.C4H9.CH4O.2ClH.Ti/c1-12-10-13(2)18(14(12)3)17-9-8-15-6-4-5-7-16(15)11-17;1-4(2)3;1-2;;;/h4-10,18H,1-3H3;1-3H3;2H,1H3;2*1H;/q2*-1;;;;+2/p-2. The zero-order valence-electron chi connectivity index (χ0n) is 17.3. The van der Waals surface area contributed by atoms with Gasteiger partial charge in [-0.05, 0) is 20.8 Å². The van der Waals surface area contributed by atoms with Gasteiger partial charge in [-0.1, -0.05) is 34.9 Å². The Kier molecular flexibility index (Phi) is 14.1. The molecule has 3 rings (SSSR count). The van der Waals surface area contributed by atoms with Gasteiger partial charge in [0, 0.05) is 13.0 Å². The van der Waals surface area contributed by atoms with Crippen molar-refractivity contribution in [3.63, 3.8) is 0 Å². The van der Waals surface area contributed by atoms with Gasteiger partial charge in [-0.25, -0.2) is 0 Å². The first kappa shape index (κ1) is 26.4. The minimum absolute atomic E-state index is 0.426. The van der Waals surface area contributed by atoms with E-state index in [2.05, 4.69) is 90.1 Å². The molecule has 148 valence electrons. The van der Waals surface area contributed by atoms with Gasteiger partial charge in [-0.2, -0.15) is 20.8 Å². The summed E-state index contributed by atoms with van der Waals surface area (Å²) < 4.78 is 0. The molecule has 0 heterocycles. The van der Waals surface area contributed by atoms with Crippen LogP contribution in [0, 0.1) is 12.0 Å². The summed E-state index contributed by atoms with van der Waals surface area (Å²) >= 11 is -0.556. The molecule has 1 aliphatic carbocycles. The summed E-state index contributed by atoms with van der Waals surface area (Å²) in [5, 5.41) is 9.47. The van der Waals surface area contributed by atoms with Gasteiger partial charge in [-0.3, -0.25) is 0 Å². The van der Waals surface area contributed by atoms with Crippen LogP contribution in [-0.2, 0) is 17.0 Å². The number of aliphatic hydroxyl groups is 1. The van der Waals surface area contributed by atoms with Gasteiger partial charge in [-0.15, -0.1) is 46.7 Å². The summed E-state index contributed by atoms with van der Waals surface area (Å²) in [5.41, 5.74) is 5.58. The van der Waals surface area contributed by atoms with Crippen LogP contribution in [0.4, 0.5) is 0 Å². The summed E-state index contributed by atoms with van der Waals surface area (Å²) in [7, 11) is 10.8. The third-order valence-electron chi connectivity index (χ3n) is 3.95. The maximum atomic E-state index is 7.00. The first-order chi connectivity index (χ1) is 12.8. The molecule has 1 atom stereocenters. The SMILES string of the molecule is CC1=CC(C)=C(C)C1c1[c-]c2ccccc2cc1.CO.C[C-](C)C.[Cl][Ti][Cl]. The molecule has 0 fully saturated rings. The average molecular weight is 441 g/mol. The molecule has 2 aromatic rings. The van der Waals surface area contributed by atoms with Crippen LogP contribution in [0.2, 0.25) is 0 Å². The van der Waals surface area contributed by atoms with E-state index < -0.39 is 17.0 Å². The number of hydrogen-bond acceptors (Lipinski definition) is 1. The molecular weight excluding hydrogens is 411 g/mol. The molecule has 0 bridgehead atoms. The summed E-state index contributed by atoms with van der Waals surface area (Å²) in [4.78, 5) is 0. The van der Waals surface area contributed by atoms with Gasteiger partial charge in [0.15, 0.2) is 0 Å². The quantitative estimate of drug-likeness (QED) is 0.357. The molecule has 0 amide bonds. The van der Waals surface area contributed by atoms with Crippen LogP contribution in [0.5, 0.6) is 0 Å². The van der Waals surface area contributed by atoms with E-state index >= 15 is 0 Å². The molecule has 1 nitrogen and oxygen atoms in total. The number of benzene rings is 2. The van der Waals surface area contributed by atoms with E-state index in [1.807, 2.05) is 0 Å². The van der Waals surface area contributed by atoms with E-state index in [-0.39, 0.29) is 0 Å². The van der Waals surface area contributed by atoms with E-state index in [0.717, 1.165) is 7.11 Å². The predicted molar refractivity (Wildman–Crippen MR) is 118 cm³/mol. The third-order valence-corrected chi connectivity index (χ3v) is 3.95. The van der Waals surface area contributed by atoms with Crippen LogP contribution in [-0.4, -0.2) is 12.2 Å². The van der Waals surface area contributed by atoms with Crippen molar-refractivity contribution in [2.75, 3.05) is 7.11 Å². The van der Waals surface area contributed by atoms with Crippen molar-refractivity contribution in [3.05, 3.63) is 76.7 Å². The molecule has 0 spiro atoms. The molecule has 0 aromatic heterocycles. The van der Waals surface area contributed by atoms with E-state index in [0.29, 0.717) is 5.92 Å². The van der Waals surface area contributed by atoms with Gasteiger partial charge < -0.3 is 11.0 Å². The predicted octanol–water partition coefficient (Wildman–Crippen LogP) is 7.63. The fraction of sp³-hybridized carbons (Fsp3) is 0.348. The van der Waals surface area contributed by atoms with Crippen LogP contribution < -0.4 is 0 Å². The maximum absolute atomic E-state index is 7.00. The monoisotopic (exact) mass is 440 g/mol. The van der Waals surface area contributed by atoms with Gasteiger partial charge in [0.1, 0.15) is 0 Å². The number of allylic oxidation sites excluding steroid dienone is 4. The van der Waals surface area contributed by atoms with Crippen molar-refractivity contribution in [1.29, 1.82) is 0 Å². The Morgan fingerprint density at radius 2 is 1.48 bits per heavy atom. The molecule has 0 saturated carbocycles. The van der Waals surface area contributed by atoms with Crippen LogP contribution in [0.1, 0.15) is 53.0 Å². The van der Waals surface area contributed by atoms with Gasteiger partial charge in [0.2, 0.25) is 0 Å². The molecule has 1 unspecified atom stereocenters. The Morgan fingerprint density at radius 3 is 1.96 bits per heavy atom. The number of rotatable bonds is 1. The van der Waals surface area contributed by atoms with Crippen molar-refractivity contribution in [2.24, 2.45) is 0 Å². The van der Waals surface area contributed by atoms with E-state index in [1.165, 1.54) is 39.0 Å². The fourth-order valence-electron chi connectivity index (χ4n) is 2.89. The topological polar surface area (TPSA) is 20.2 Å². The molecule has 1 aliphatic rings. The summed E-state index contributed by atoms with van der Waals surface area (Å²) in [5.74, 6) is 1.84. The van der Waals surface area contributed by atoms with Crippen LogP contribution in [0.25, 0.3) is 10.8 Å². The molecule has 1 N–H and O–H groups in total. The zero-order valence-corrected chi connectivity index (χ0v) is 20.4. The summed E-state index contributed by atoms with van der Waals surface area (Å²) in [6.07, 6.45) is 2.29. The number of aliphatic hydroxyl groups excluding tert-OH is 1. The van der Waals surface area contributed by atoms with E-state index in [4.69, 9.17) is 23.7 Å². The number of hydrogen-bond donors (Lipinski definition) is 1. The van der Waals surface area contributed by atoms with Crippen molar-refractivity contribution >= 4 is 29.4 Å². The number of fused-ring (bicyclic) bond motifs is 1. The average Bonchev–Trinajstić information content (AvgIpc) is 2.88. The first-order valence-corrected chi connectivity index (χ1v) is 13.1. The summed E-state index contributed by atoms with van der Waals surface area (Å²) in [6, 6.07) is 16.4. The van der Waals surface area contributed by atoms with Crippen molar-refractivity contribution in [2.45, 2.75) is 47.5 Å². The Balaban J connectivity index is 0.000000644. The Hall–Kier alpha value is -0.566. The van der Waals surface area contributed by atoms with Gasteiger partial charge >= 0.3 is 35.6 Å². The molecule has 0 radical (unpaired) electrons. The Bertz CT molecular complexity index is 748. The van der Waals surface area contributed by atoms with Crippen molar-refractivity contribution in [3.8, 4) is 0 Å². The fourth-order valence-corrected chi connectivity index (χ4v) is 2.89. The third kappa shape index (κ3) is 8.98. The second kappa shape index (κ2) is 14.4. The van der Waals surface area contributed by atoms with Crippen LogP contribution in [0.3, 0.4) is 0 Å². The molecule has 4 heteroatoms. The zero-order chi connectivity index (χ0) is 21.0. The van der Waals surface area contributed by atoms with Crippen molar-refractivity contribution in [1.82, 2.24) is 0 Å². The molecule has 0 saturated heterocycles. The minimum atomic E-state index is -0.556. The van der Waals surface area contributed by atoms with Gasteiger partial charge in [0.05, 0.1) is 0 Å². The number of halogens is 2. The molecule has 27 heavy (non-hydrogen) atoms. The van der Waals surface area contributed by atoms with Crippen LogP contribution in [0.15, 0.2) is 59.2 Å². The van der Waals surface area contributed by atoms with E-state index in [1.54, 1.807) is 0 Å². The normalized spacial score (nSPS) is 15.1. The summed E-state index contributed by atoms with van der Waals surface area (Å²) in [6.45, 7) is 12.9. The van der Waals surface area contributed by atoms with Gasteiger partial charge in [0.25, 0.3) is 0 Å². The molecular formula is C23H30Cl2OTi-2. The Labute approximate surface area is 182 Å². The molecule has 2 aromatic carbocycles. The van der Waals surface area contributed by atoms with E-state index in [9.17, 15) is 0 Å². The first-order valence-electron chi connectivity index (χ1n) is 8.76. The van der Waals surface area contributed by atoms with Crippen molar-refractivity contribution < 1.29 is 22.1 Å². The Morgan fingerprint density at radius 1 is 0.963 bits per heavy atom. The second-order valence-corrected chi connectivity index (χ2v) is 9.34.